The monoisotopic (exact) mass is 437 g/mol. The lowest BCUT2D eigenvalue weighted by atomic mass is 10.1. The number of amides is 1. The molecule has 4 aromatic rings. The van der Waals surface area contributed by atoms with E-state index in [2.05, 4.69) is 31.4 Å². The fraction of sp³-hybridized carbons (Fsp3) is 0.100. The van der Waals surface area contributed by atoms with E-state index >= 15 is 0 Å². The van der Waals surface area contributed by atoms with E-state index in [-0.39, 0.29) is 0 Å². The van der Waals surface area contributed by atoms with E-state index in [1.807, 2.05) is 38.1 Å². The quantitative estimate of drug-likeness (QED) is 0.532. The Bertz CT molecular complexity index is 1280. The van der Waals surface area contributed by atoms with Gasteiger partial charge in [0.1, 0.15) is 11.7 Å². The second-order valence-electron chi connectivity index (χ2n) is 6.40. The Balaban J connectivity index is 1.73. The lowest BCUT2D eigenvalue weighted by Crippen LogP contribution is -2.33. The van der Waals surface area contributed by atoms with Gasteiger partial charge in [-0.05, 0) is 65.2 Å². The second kappa shape index (κ2) is 7.05. The molecule has 0 aliphatic heterocycles. The van der Waals surface area contributed by atoms with Gasteiger partial charge in [0, 0.05) is 4.47 Å². The van der Waals surface area contributed by atoms with Crippen molar-refractivity contribution >= 4 is 32.9 Å². The third kappa shape index (κ3) is 3.11. The van der Waals surface area contributed by atoms with E-state index in [1.165, 1.54) is 18.1 Å². The van der Waals surface area contributed by atoms with Gasteiger partial charge in [-0.25, -0.2) is 14.3 Å². The number of aromatic nitrogens is 4. The van der Waals surface area contributed by atoms with Crippen molar-refractivity contribution in [1.82, 2.24) is 19.4 Å². The number of carbonyl (C=O) groups is 1. The minimum Gasteiger partial charge on any atom is -0.267 e. The van der Waals surface area contributed by atoms with Gasteiger partial charge >= 0.3 is 0 Å². The molecule has 0 radical (unpaired) electrons. The van der Waals surface area contributed by atoms with Crippen LogP contribution in [0.25, 0.3) is 16.7 Å². The number of hydrogen-bond donors (Lipinski definition) is 1. The van der Waals surface area contributed by atoms with E-state index in [4.69, 9.17) is 0 Å². The summed E-state index contributed by atoms with van der Waals surface area (Å²) < 4.78 is 3.32. The Morgan fingerprint density at radius 2 is 1.89 bits per heavy atom. The van der Waals surface area contributed by atoms with Crippen molar-refractivity contribution in [2.24, 2.45) is 0 Å². The van der Waals surface area contributed by atoms with Gasteiger partial charge in [0.05, 0.1) is 17.4 Å². The van der Waals surface area contributed by atoms with E-state index in [1.54, 1.807) is 22.9 Å². The predicted octanol–water partition coefficient (Wildman–Crippen LogP) is 3.35. The van der Waals surface area contributed by atoms with Crippen molar-refractivity contribution in [3.63, 3.8) is 0 Å². The van der Waals surface area contributed by atoms with E-state index in [9.17, 15) is 9.59 Å². The Morgan fingerprint density at radius 1 is 1.11 bits per heavy atom. The van der Waals surface area contributed by atoms with Crippen LogP contribution >= 0.6 is 15.9 Å². The van der Waals surface area contributed by atoms with Crippen LogP contribution in [-0.2, 0) is 0 Å². The molecule has 0 saturated heterocycles. The normalized spacial score (nSPS) is 11.0. The highest BCUT2D eigenvalue weighted by molar-refractivity contribution is 9.10. The van der Waals surface area contributed by atoms with Gasteiger partial charge in [-0.1, -0.05) is 18.2 Å². The maximum absolute atomic E-state index is 12.8. The smallest absolute Gasteiger partial charge is 0.267 e. The van der Waals surface area contributed by atoms with Crippen LogP contribution in [0.2, 0.25) is 0 Å². The van der Waals surface area contributed by atoms with Gasteiger partial charge in [-0.2, -0.15) is 5.10 Å². The number of benzene rings is 2. The first-order valence-electron chi connectivity index (χ1n) is 8.54. The van der Waals surface area contributed by atoms with Crippen molar-refractivity contribution in [2.45, 2.75) is 13.8 Å². The predicted molar refractivity (Wildman–Crippen MR) is 110 cm³/mol. The van der Waals surface area contributed by atoms with Crippen LogP contribution in [0.1, 0.15) is 21.5 Å². The molecule has 2 heterocycles. The van der Waals surface area contributed by atoms with E-state index < -0.39 is 11.5 Å². The summed E-state index contributed by atoms with van der Waals surface area (Å²) in [6.45, 7) is 4.05. The molecule has 28 heavy (non-hydrogen) atoms. The summed E-state index contributed by atoms with van der Waals surface area (Å²) >= 11 is 3.33. The average molecular weight is 438 g/mol. The number of fused-ring (bicyclic) bond motifs is 1. The lowest BCUT2D eigenvalue weighted by molar-refractivity contribution is 0.101. The second-order valence-corrected chi connectivity index (χ2v) is 7.26. The molecule has 0 saturated carbocycles. The van der Waals surface area contributed by atoms with E-state index in [0.717, 1.165) is 15.9 Å². The van der Waals surface area contributed by atoms with Crippen LogP contribution in [0.5, 0.6) is 0 Å². The highest BCUT2D eigenvalue weighted by atomic mass is 79.9. The van der Waals surface area contributed by atoms with Crippen molar-refractivity contribution < 1.29 is 4.79 Å². The Hall–Kier alpha value is -3.26. The number of nitrogens with one attached hydrogen (secondary N) is 1. The van der Waals surface area contributed by atoms with Gasteiger partial charge in [0.15, 0.2) is 5.65 Å². The van der Waals surface area contributed by atoms with Gasteiger partial charge in [0.25, 0.3) is 11.5 Å². The molecular formula is C20H16BrN5O2. The number of carbonyl (C=O) groups excluding carboxylic acids is 1. The number of rotatable bonds is 3. The van der Waals surface area contributed by atoms with Crippen LogP contribution in [0.3, 0.4) is 0 Å². The number of aryl methyl sites for hydroxylation is 2. The van der Waals surface area contributed by atoms with Crippen LogP contribution in [-0.4, -0.2) is 25.3 Å². The fourth-order valence-corrected chi connectivity index (χ4v) is 3.32. The molecule has 0 atom stereocenters. The van der Waals surface area contributed by atoms with E-state index in [0.29, 0.717) is 21.1 Å². The summed E-state index contributed by atoms with van der Waals surface area (Å²) in [5.41, 5.74) is 6.12. The zero-order valence-electron chi connectivity index (χ0n) is 15.2. The molecule has 0 aliphatic rings. The van der Waals surface area contributed by atoms with Crippen LogP contribution in [0.4, 0.5) is 0 Å². The summed E-state index contributed by atoms with van der Waals surface area (Å²) in [4.78, 5) is 29.6. The zero-order valence-corrected chi connectivity index (χ0v) is 16.8. The first-order chi connectivity index (χ1) is 13.5. The van der Waals surface area contributed by atoms with Gasteiger partial charge in [-0.15, -0.1) is 0 Å². The largest absolute Gasteiger partial charge is 0.283 e. The van der Waals surface area contributed by atoms with Crippen molar-refractivity contribution in [3.05, 3.63) is 86.5 Å². The van der Waals surface area contributed by atoms with Crippen LogP contribution in [0.15, 0.2) is 64.3 Å². The summed E-state index contributed by atoms with van der Waals surface area (Å²) in [5, 5.41) is 4.62. The summed E-state index contributed by atoms with van der Waals surface area (Å²) in [5.74, 6) is -0.419. The summed E-state index contributed by atoms with van der Waals surface area (Å²) in [6, 6.07) is 12.9. The Kier molecular flexibility index (Phi) is 4.56. The first kappa shape index (κ1) is 18.1. The molecule has 0 fully saturated rings. The van der Waals surface area contributed by atoms with Gasteiger partial charge in [0.2, 0.25) is 0 Å². The molecule has 0 aliphatic carbocycles. The molecular weight excluding hydrogens is 422 g/mol. The van der Waals surface area contributed by atoms with Crippen molar-refractivity contribution in [2.75, 3.05) is 5.43 Å². The maximum Gasteiger partial charge on any atom is 0.283 e. The van der Waals surface area contributed by atoms with Crippen LogP contribution < -0.4 is 11.0 Å². The minimum absolute atomic E-state index is 0.313. The first-order valence-corrected chi connectivity index (χ1v) is 9.34. The molecule has 7 nitrogen and oxygen atoms in total. The zero-order chi connectivity index (χ0) is 19.8. The minimum atomic E-state index is -0.419. The molecule has 140 valence electrons. The molecule has 2 aromatic heterocycles. The molecule has 0 unspecified atom stereocenters. The van der Waals surface area contributed by atoms with Crippen molar-refractivity contribution in [1.29, 1.82) is 0 Å². The van der Waals surface area contributed by atoms with Gasteiger partial charge < -0.3 is 0 Å². The van der Waals surface area contributed by atoms with Gasteiger partial charge in [-0.3, -0.25) is 15.0 Å². The topological polar surface area (TPSA) is 81.8 Å². The highest BCUT2D eigenvalue weighted by Gasteiger charge is 2.15. The Labute approximate surface area is 168 Å². The number of nitrogens with zero attached hydrogens (tertiary/aromatic N) is 4. The molecule has 0 bridgehead atoms. The maximum atomic E-state index is 12.8. The summed E-state index contributed by atoms with van der Waals surface area (Å²) in [7, 11) is 0. The lowest BCUT2D eigenvalue weighted by Gasteiger charge is -2.09. The van der Waals surface area contributed by atoms with Crippen LogP contribution in [0, 0.1) is 13.8 Å². The molecule has 0 spiro atoms. The molecule has 1 N–H and O–H groups in total. The fourth-order valence-electron chi connectivity index (χ4n) is 2.85. The standard InChI is InChI=1S/C20H16BrN5O2/c1-12-7-8-14(9-13(12)2)26-18-16(10-23-26)20(28)25(11-22-18)24-19(27)15-5-3-4-6-17(15)21/h3-11H,1-2H3,(H,24,27). The number of hydrogen-bond acceptors (Lipinski definition) is 4. The highest BCUT2D eigenvalue weighted by Crippen LogP contribution is 2.18. The summed E-state index contributed by atoms with van der Waals surface area (Å²) in [6.07, 6.45) is 2.75. The average Bonchev–Trinajstić information content (AvgIpc) is 3.11. The SMILES string of the molecule is Cc1ccc(-n2ncc3c(=O)n(NC(=O)c4ccccc4Br)cnc32)cc1C. The molecule has 2 aromatic carbocycles. The molecule has 1 amide bonds. The molecule has 4 rings (SSSR count). The number of halogens is 1. The Morgan fingerprint density at radius 3 is 2.64 bits per heavy atom. The molecule has 8 heteroatoms. The van der Waals surface area contributed by atoms with Crippen molar-refractivity contribution in [3.8, 4) is 5.69 Å². The third-order valence-electron chi connectivity index (χ3n) is 4.56. The third-order valence-corrected chi connectivity index (χ3v) is 5.26.